The fourth-order valence-corrected chi connectivity index (χ4v) is 3.88. The Morgan fingerprint density at radius 2 is 1.33 bits per heavy atom. The molecule has 0 aromatic heterocycles. The molecule has 3 aromatic carbocycles. The molecule has 0 saturated heterocycles. The largest absolute Gasteiger partial charge is 0.289 e. The molecule has 2 nitrogen and oxygen atoms in total. The van der Waals surface area contributed by atoms with Crippen LogP contribution in [0.3, 0.4) is 0 Å². The molecule has 5 heteroatoms. The smallest absolute Gasteiger partial charge is 0.195 e. The van der Waals surface area contributed by atoms with E-state index in [0.717, 1.165) is 0 Å². The molecule has 1 aliphatic rings. The van der Waals surface area contributed by atoms with E-state index >= 15 is 0 Å². The van der Waals surface area contributed by atoms with Gasteiger partial charge in [-0.15, -0.1) is 0 Å². The molecule has 0 amide bonds. The predicted octanol–water partition coefficient (Wildman–Crippen LogP) is 6.51. The number of benzene rings is 3. The van der Waals surface area contributed by atoms with Gasteiger partial charge in [-0.25, -0.2) is 0 Å². The number of allylic oxidation sites excluding steroid dienone is 1. The van der Waals surface area contributed by atoms with Crippen LogP contribution >= 0.6 is 34.8 Å². The fourth-order valence-electron chi connectivity index (χ4n) is 3.21. The van der Waals surface area contributed by atoms with Gasteiger partial charge in [-0.05, 0) is 53.6 Å². The first-order valence-electron chi connectivity index (χ1n) is 8.11. The minimum atomic E-state index is -0.215. The summed E-state index contributed by atoms with van der Waals surface area (Å²) in [5, 5.41) is 1.29. The SMILES string of the molecule is O=C(/C=C1\c2cccc(Cl)c2C(=O)c2cccc(Cl)c21)c1ccc(Cl)cc1. The molecular weight excluding hydrogens is 403 g/mol. The molecule has 132 valence electrons. The molecule has 0 atom stereocenters. The molecule has 1 aliphatic carbocycles. The molecule has 0 unspecified atom stereocenters. The third-order valence-electron chi connectivity index (χ3n) is 4.46. The summed E-state index contributed by atoms with van der Waals surface area (Å²) in [5.41, 5.74) is 3.01. The minimum absolute atomic E-state index is 0.204. The lowest BCUT2D eigenvalue weighted by molar-refractivity contribution is 0.103. The van der Waals surface area contributed by atoms with E-state index in [-0.39, 0.29) is 11.6 Å². The first-order valence-corrected chi connectivity index (χ1v) is 9.25. The maximum absolute atomic E-state index is 12.9. The van der Waals surface area contributed by atoms with Gasteiger partial charge in [0, 0.05) is 32.3 Å². The van der Waals surface area contributed by atoms with Crippen LogP contribution < -0.4 is 0 Å². The molecule has 3 aromatic rings. The summed E-state index contributed by atoms with van der Waals surface area (Å²) in [5.74, 6) is -0.419. The van der Waals surface area contributed by atoms with Gasteiger partial charge in [0.25, 0.3) is 0 Å². The molecule has 0 saturated carbocycles. The van der Waals surface area contributed by atoms with Crippen molar-refractivity contribution in [1.29, 1.82) is 0 Å². The molecule has 0 heterocycles. The van der Waals surface area contributed by atoms with E-state index in [1.165, 1.54) is 6.08 Å². The second-order valence-electron chi connectivity index (χ2n) is 6.08. The Morgan fingerprint density at radius 1 is 0.741 bits per heavy atom. The third kappa shape index (κ3) is 3.10. The van der Waals surface area contributed by atoms with Gasteiger partial charge in [0.15, 0.2) is 11.6 Å². The standard InChI is InChI=1S/C22H11Cl3O2/c23-13-9-7-12(8-10-13)19(26)11-16-14-3-1-6-18(25)21(14)22(27)15-4-2-5-17(24)20(15)16/h1-11H/b16-11+. The number of hydrogen-bond donors (Lipinski definition) is 0. The summed E-state index contributed by atoms with van der Waals surface area (Å²) in [7, 11) is 0. The quantitative estimate of drug-likeness (QED) is 0.277. The van der Waals surface area contributed by atoms with Crippen molar-refractivity contribution in [2.24, 2.45) is 0 Å². The van der Waals surface area contributed by atoms with Crippen LogP contribution in [0.5, 0.6) is 0 Å². The number of carbonyl (C=O) groups is 2. The van der Waals surface area contributed by atoms with Gasteiger partial charge in [0.1, 0.15) is 0 Å². The molecule has 0 fully saturated rings. The Morgan fingerprint density at radius 3 is 2.00 bits per heavy atom. The molecule has 0 aliphatic heterocycles. The van der Waals surface area contributed by atoms with Crippen LogP contribution in [-0.2, 0) is 0 Å². The minimum Gasteiger partial charge on any atom is -0.289 e. The molecule has 0 spiro atoms. The average molecular weight is 414 g/mol. The number of fused-ring (bicyclic) bond motifs is 2. The summed E-state index contributed by atoms with van der Waals surface area (Å²) in [6, 6.07) is 16.9. The van der Waals surface area contributed by atoms with Crippen molar-refractivity contribution >= 4 is 51.9 Å². The first-order chi connectivity index (χ1) is 13.0. The Kier molecular flexibility index (Phi) is 4.65. The monoisotopic (exact) mass is 412 g/mol. The van der Waals surface area contributed by atoms with Crippen molar-refractivity contribution in [3.05, 3.63) is 110 Å². The Hall–Kier alpha value is -2.39. The number of ketones is 2. The van der Waals surface area contributed by atoms with Gasteiger partial charge in [-0.2, -0.15) is 0 Å². The fraction of sp³-hybridized carbons (Fsp3) is 0. The lowest BCUT2D eigenvalue weighted by Crippen LogP contribution is -2.16. The van der Waals surface area contributed by atoms with Gasteiger partial charge in [-0.3, -0.25) is 9.59 Å². The average Bonchev–Trinajstić information content (AvgIpc) is 2.65. The highest BCUT2D eigenvalue weighted by atomic mass is 35.5. The van der Waals surface area contributed by atoms with Crippen LogP contribution in [0.4, 0.5) is 0 Å². The molecule has 27 heavy (non-hydrogen) atoms. The molecule has 0 N–H and O–H groups in total. The maximum Gasteiger partial charge on any atom is 0.195 e. The summed E-state index contributed by atoms with van der Waals surface area (Å²) in [6.07, 6.45) is 1.50. The summed E-state index contributed by atoms with van der Waals surface area (Å²) in [4.78, 5) is 25.8. The van der Waals surface area contributed by atoms with Crippen LogP contribution in [0, 0.1) is 0 Å². The second kappa shape index (κ2) is 6.97. The zero-order valence-electron chi connectivity index (χ0n) is 13.8. The number of carbonyl (C=O) groups excluding carboxylic acids is 2. The van der Waals surface area contributed by atoms with E-state index in [1.54, 1.807) is 60.7 Å². The van der Waals surface area contributed by atoms with Crippen LogP contribution in [0.1, 0.15) is 37.4 Å². The Balaban J connectivity index is 1.97. The molecule has 0 bridgehead atoms. The van der Waals surface area contributed by atoms with Crippen LogP contribution in [0.2, 0.25) is 15.1 Å². The van der Waals surface area contributed by atoms with Gasteiger partial charge >= 0.3 is 0 Å². The summed E-state index contributed by atoms with van der Waals surface area (Å²) in [6.45, 7) is 0. The van der Waals surface area contributed by atoms with E-state index in [0.29, 0.717) is 48.5 Å². The van der Waals surface area contributed by atoms with Gasteiger partial charge in [0.2, 0.25) is 0 Å². The van der Waals surface area contributed by atoms with E-state index in [2.05, 4.69) is 0 Å². The first kappa shape index (κ1) is 18.0. The van der Waals surface area contributed by atoms with E-state index in [4.69, 9.17) is 34.8 Å². The number of halogens is 3. The highest BCUT2D eigenvalue weighted by Crippen LogP contribution is 2.42. The summed E-state index contributed by atoms with van der Waals surface area (Å²) >= 11 is 18.6. The van der Waals surface area contributed by atoms with Crippen LogP contribution in [-0.4, -0.2) is 11.6 Å². The third-order valence-corrected chi connectivity index (χ3v) is 5.34. The molecular formula is C22H11Cl3O2. The van der Waals surface area contributed by atoms with E-state index in [1.807, 2.05) is 0 Å². The number of rotatable bonds is 2. The Bertz CT molecular complexity index is 1130. The summed E-state index contributed by atoms with van der Waals surface area (Å²) < 4.78 is 0. The normalized spacial score (nSPS) is 14.0. The van der Waals surface area contributed by atoms with E-state index < -0.39 is 0 Å². The van der Waals surface area contributed by atoms with Gasteiger partial charge in [-0.1, -0.05) is 59.1 Å². The lowest BCUT2D eigenvalue weighted by Gasteiger charge is -2.23. The van der Waals surface area contributed by atoms with Crippen molar-refractivity contribution in [1.82, 2.24) is 0 Å². The maximum atomic E-state index is 12.9. The predicted molar refractivity (Wildman–Crippen MR) is 109 cm³/mol. The lowest BCUT2D eigenvalue weighted by atomic mass is 9.80. The zero-order chi connectivity index (χ0) is 19.1. The topological polar surface area (TPSA) is 34.1 Å². The van der Waals surface area contributed by atoms with Crippen molar-refractivity contribution in [3.8, 4) is 0 Å². The van der Waals surface area contributed by atoms with Gasteiger partial charge < -0.3 is 0 Å². The van der Waals surface area contributed by atoms with Crippen LogP contribution in [0.25, 0.3) is 5.57 Å². The highest BCUT2D eigenvalue weighted by molar-refractivity contribution is 6.39. The van der Waals surface area contributed by atoms with E-state index in [9.17, 15) is 9.59 Å². The van der Waals surface area contributed by atoms with Crippen LogP contribution in [0.15, 0.2) is 66.7 Å². The Labute approximate surface area is 171 Å². The molecule has 0 radical (unpaired) electrons. The second-order valence-corrected chi connectivity index (χ2v) is 7.33. The highest BCUT2D eigenvalue weighted by Gasteiger charge is 2.30. The number of hydrogen-bond acceptors (Lipinski definition) is 2. The van der Waals surface area contributed by atoms with Crippen molar-refractivity contribution in [3.63, 3.8) is 0 Å². The van der Waals surface area contributed by atoms with Crippen molar-refractivity contribution < 1.29 is 9.59 Å². The molecule has 4 rings (SSSR count). The van der Waals surface area contributed by atoms with Crippen molar-refractivity contribution in [2.75, 3.05) is 0 Å². The van der Waals surface area contributed by atoms with Crippen molar-refractivity contribution in [2.45, 2.75) is 0 Å². The zero-order valence-corrected chi connectivity index (χ0v) is 16.1. The van der Waals surface area contributed by atoms with Gasteiger partial charge in [0.05, 0.1) is 5.02 Å².